The van der Waals surface area contributed by atoms with E-state index in [0.29, 0.717) is 18.3 Å². The van der Waals surface area contributed by atoms with Crippen molar-refractivity contribution in [1.29, 1.82) is 0 Å². The summed E-state index contributed by atoms with van der Waals surface area (Å²) in [5.41, 5.74) is 5.49. The molecule has 1 aliphatic carbocycles. The fraction of sp³-hybridized carbons (Fsp3) is 0.292. The van der Waals surface area contributed by atoms with Gasteiger partial charge in [0.05, 0.1) is 5.69 Å². The zero-order valence-electron chi connectivity index (χ0n) is 18.3. The molecule has 8 heteroatoms. The van der Waals surface area contributed by atoms with E-state index >= 15 is 0 Å². The van der Waals surface area contributed by atoms with Crippen molar-refractivity contribution < 1.29 is 4.74 Å². The maximum absolute atomic E-state index is 12.5. The van der Waals surface area contributed by atoms with Gasteiger partial charge in [0.15, 0.2) is 5.82 Å². The van der Waals surface area contributed by atoms with Crippen LogP contribution in [0.4, 0.5) is 0 Å². The molecule has 1 aliphatic rings. The van der Waals surface area contributed by atoms with Crippen molar-refractivity contribution >= 4 is 0 Å². The minimum absolute atomic E-state index is 0.280. The van der Waals surface area contributed by atoms with E-state index in [-0.39, 0.29) is 5.69 Å². The predicted molar refractivity (Wildman–Crippen MR) is 120 cm³/mol. The number of nitrogens with zero attached hydrogens (tertiary/aromatic N) is 6. The first-order valence-electron chi connectivity index (χ1n) is 10.7. The summed E-state index contributed by atoms with van der Waals surface area (Å²) in [7, 11) is 1.59. The molecule has 0 amide bonds. The summed E-state index contributed by atoms with van der Waals surface area (Å²) in [4.78, 5) is 21.4. The van der Waals surface area contributed by atoms with Gasteiger partial charge in [-0.3, -0.25) is 0 Å². The van der Waals surface area contributed by atoms with E-state index in [9.17, 15) is 4.79 Å². The Morgan fingerprint density at radius 1 is 1.09 bits per heavy atom. The molecule has 8 nitrogen and oxygen atoms in total. The zero-order chi connectivity index (χ0) is 22.2. The molecular formula is C24H24N6O2. The molecule has 1 saturated carbocycles. The molecule has 1 fully saturated rings. The van der Waals surface area contributed by atoms with Gasteiger partial charge in [-0.05, 0) is 84.5 Å². The van der Waals surface area contributed by atoms with Crippen LogP contribution in [0.1, 0.15) is 41.1 Å². The summed E-state index contributed by atoms with van der Waals surface area (Å²) in [5, 5.41) is 7.90. The van der Waals surface area contributed by atoms with Crippen LogP contribution in [0.5, 0.6) is 5.75 Å². The minimum atomic E-state index is -0.280. The van der Waals surface area contributed by atoms with Crippen LogP contribution in [0.3, 0.4) is 0 Å². The van der Waals surface area contributed by atoms with Gasteiger partial charge in [0.1, 0.15) is 12.4 Å². The Morgan fingerprint density at radius 2 is 1.94 bits per heavy atom. The number of tetrazole rings is 1. The van der Waals surface area contributed by atoms with Gasteiger partial charge in [0, 0.05) is 30.1 Å². The summed E-state index contributed by atoms with van der Waals surface area (Å²) in [6, 6.07) is 13.8. The van der Waals surface area contributed by atoms with Gasteiger partial charge in [0.25, 0.3) is 0 Å². The largest absolute Gasteiger partial charge is 0.489 e. The Kier molecular flexibility index (Phi) is 5.05. The molecule has 4 aromatic rings. The fourth-order valence-corrected chi connectivity index (χ4v) is 3.88. The van der Waals surface area contributed by atoms with Gasteiger partial charge in [-0.1, -0.05) is 12.1 Å². The molecule has 32 heavy (non-hydrogen) atoms. The quantitative estimate of drug-likeness (QED) is 0.467. The van der Waals surface area contributed by atoms with Gasteiger partial charge < -0.3 is 4.74 Å². The van der Waals surface area contributed by atoms with Crippen LogP contribution in [-0.4, -0.2) is 29.8 Å². The highest BCUT2D eigenvalue weighted by atomic mass is 16.5. The number of benzene rings is 2. The van der Waals surface area contributed by atoms with Gasteiger partial charge in [-0.25, -0.2) is 14.8 Å². The van der Waals surface area contributed by atoms with Gasteiger partial charge in [-0.15, -0.1) is 0 Å². The molecule has 0 unspecified atom stereocenters. The van der Waals surface area contributed by atoms with Crippen LogP contribution in [-0.2, 0) is 13.7 Å². The van der Waals surface area contributed by atoms with E-state index in [4.69, 9.17) is 4.74 Å². The molecule has 162 valence electrons. The minimum Gasteiger partial charge on any atom is -0.489 e. The monoisotopic (exact) mass is 428 g/mol. The zero-order valence-corrected chi connectivity index (χ0v) is 18.3. The van der Waals surface area contributed by atoms with E-state index in [2.05, 4.69) is 26.5 Å². The first-order valence-corrected chi connectivity index (χ1v) is 10.7. The standard InChI is InChI=1S/C24H24N6O2/c1-15-13-18(23-25-12-11-16(2)26-23)9-10-22(15)32-14-20-19(17-7-8-17)5-4-6-21(20)30-24(31)29(3)27-28-30/h4-6,9-13,17H,7-8,14H2,1-3H3. The van der Waals surface area contributed by atoms with Crippen molar-refractivity contribution in [3.63, 3.8) is 0 Å². The molecule has 0 spiro atoms. The van der Waals surface area contributed by atoms with Crippen LogP contribution >= 0.6 is 0 Å². The highest BCUT2D eigenvalue weighted by Gasteiger charge is 2.28. The Bertz CT molecular complexity index is 1350. The number of aromatic nitrogens is 6. The average Bonchev–Trinajstić information content (AvgIpc) is 3.58. The topological polar surface area (TPSA) is 87.7 Å². The Morgan fingerprint density at radius 3 is 2.62 bits per heavy atom. The second-order valence-electron chi connectivity index (χ2n) is 8.21. The molecule has 0 saturated heterocycles. The number of aryl methyl sites for hydroxylation is 3. The normalized spacial score (nSPS) is 13.3. The van der Waals surface area contributed by atoms with Crippen LogP contribution in [0.2, 0.25) is 0 Å². The predicted octanol–water partition coefficient (Wildman–Crippen LogP) is 3.50. The van der Waals surface area contributed by atoms with Crippen molar-refractivity contribution in [2.24, 2.45) is 7.05 Å². The molecule has 5 rings (SSSR count). The van der Waals surface area contributed by atoms with Crippen molar-refractivity contribution in [1.82, 2.24) is 29.8 Å². The third-order valence-electron chi connectivity index (χ3n) is 5.75. The van der Waals surface area contributed by atoms with Crippen LogP contribution in [0, 0.1) is 13.8 Å². The summed E-state index contributed by atoms with van der Waals surface area (Å²) < 4.78 is 8.82. The molecular weight excluding hydrogens is 404 g/mol. The lowest BCUT2D eigenvalue weighted by Crippen LogP contribution is -2.23. The van der Waals surface area contributed by atoms with Gasteiger partial charge in [0.2, 0.25) is 0 Å². The summed E-state index contributed by atoms with van der Waals surface area (Å²) in [6.07, 6.45) is 4.06. The second kappa shape index (κ2) is 8.03. The Labute approximate surface area is 185 Å². The molecule has 0 bridgehead atoms. The van der Waals surface area contributed by atoms with E-state index in [1.165, 1.54) is 14.9 Å². The van der Waals surface area contributed by atoms with Gasteiger partial charge in [-0.2, -0.15) is 9.36 Å². The SMILES string of the molecule is Cc1ccnc(-c2ccc(OCc3c(C4CC4)cccc3-n3nnn(C)c3=O)c(C)c2)n1. The van der Waals surface area contributed by atoms with Crippen molar-refractivity contribution in [3.05, 3.63) is 81.5 Å². The maximum atomic E-state index is 12.5. The van der Waals surface area contributed by atoms with Crippen LogP contribution in [0.15, 0.2) is 53.5 Å². The lowest BCUT2D eigenvalue weighted by Gasteiger charge is -2.16. The van der Waals surface area contributed by atoms with E-state index in [0.717, 1.165) is 46.7 Å². The first kappa shape index (κ1) is 20.1. The molecule has 0 radical (unpaired) electrons. The third kappa shape index (κ3) is 3.79. The molecule has 2 aromatic heterocycles. The van der Waals surface area contributed by atoms with Crippen molar-refractivity contribution in [2.45, 2.75) is 39.2 Å². The number of ether oxygens (including phenoxy) is 1. The smallest absolute Gasteiger partial charge is 0.368 e. The number of hydrogen-bond acceptors (Lipinski definition) is 6. The molecule has 2 heterocycles. The fourth-order valence-electron chi connectivity index (χ4n) is 3.88. The average molecular weight is 428 g/mol. The maximum Gasteiger partial charge on any atom is 0.368 e. The molecule has 2 aromatic carbocycles. The van der Waals surface area contributed by atoms with Crippen molar-refractivity contribution in [2.75, 3.05) is 0 Å². The highest BCUT2D eigenvalue weighted by Crippen LogP contribution is 2.43. The lowest BCUT2D eigenvalue weighted by molar-refractivity contribution is 0.302. The lowest BCUT2D eigenvalue weighted by atomic mass is 10.0. The molecule has 0 aliphatic heterocycles. The number of rotatable bonds is 6. The second-order valence-corrected chi connectivity index (χ2v) is 8.21. The van der Waals surface area contributed by atoms with E-state index in [1.807, 2.05) is 50.2 Å². The number of hydrogen-bond donors (Lipinski definition) is 0. The molecule has 0 atom stereocenters. The summed E-state index contributed by atoms with van der Waals surface area (Å²) in [6.45, 7) is 4.30. The molecule has 0 N–H and O–H groups in total. The summed E-state index contributed by atoms with van der Waals surface area (Å²) >= 11 is 0. The van der Waals surface area contributed by atoms with Crippen LogP contribution in [0.25, 0.3) is 17.1 Å². The highest BCUT2D eigenvalue weighted by molar-refractivity contribution is 5.58. The summed E-state index contributed by atoms with van der Waals surface area (Å²) in [5.74, 6) is 1.98. The van der Waals surface area contributed by atoms with Gasteiger partial charge >= 0.3 is 5.69 Å². The van der Waals surface area contributed by atoms with Crippen molar-refractivity contribution in [3.8, 4) is 22.8 Å². The third-order valence-corrected chi connectivity index (χ3v) is 5.75. The Hall–Kier alpha value is -3.81. The van der Waals surface area contributed by atoms with Crippen LogP contribution < -0.4 is 10.4 Å². The van der Waals surface area contributed by atoms with E-state index < -0.39 is 0 Å². The Balaban J connectivity index is 1.46. The first-order chi connectivity index (χ1) is 15.5. The van der Waals surface area contributed by atoms with E-state index in [1.54, 1.807) is 13.2 Å².